The first-order valence-electron chi connectivity index (χ1n) is 3.07. The van der Waals surface area contributed by atoms with Gasteiger partial charge in [0.05, 0.1) is 0 Å². The molecule has 0 N–H and O–H groups in total. The zero-order valence-electron chi connectivity index (χ0n) is 6.22. The molecule has 0 saturated carbocycles. The molecule has 0 saturated heterocycles. The standard InChI is InChI=1S/C6H13N2Se/c1-4-5-7-6(9)8(2)3/h4-5H2,1-3H3. The van der Waals surface area contributed by atoms with Crippen molar-refractivity contribution in [1.82, 2.24) is 4.90 Å². The van der Waals surface area contributed by atoms with Crippen molar-refractivity contribution < 1.29 is 0 Å². The van der Waals surface area contributed by atoms with Gasteiger partial charge in [-0.3, -0.25) is 0 Å². The van der Waals surface area contributed by atoms with E-state index in [9.17, 15) is 0 Å². The Hall–Kier alpha value is -0.0105. The predicted molar refractivity (Wildman–Crippen MR) is 42.0 cm³/mol. The fourth-order valence-electron chi connectivity index (χ4n) is 0.349. The average molecular weight is 192 g/mol. The molecule has 0 aliphatic heterocycles. The number of aliphatic imine (C=N–C) groups is 1. The molecular weight excluding hydrogens is 179 g/mol. The van der Waals surface area contributed by atoms with Crippen LogP contribution in [0, 0.1) is 0 Å². The summed E-state index contributed by atoms with van der Waals surface area (Å²) in [6.07, 6.45) is 1.11. The summed E-state index contributed by atoms with van der Waals surface area (Å²) in [5.74, 6) is 0. The van der Waals surface area contributed by atoms with Crippen LogP contribution in [0.25, 0.3) is 0 Å². The number of amidine groups is 1. The second kappa shape index (κ2) is 4.83. The van der Waals surface area contributed by atoms with Gasteiger partial charge in [-0.15, -0.1) is 0 Å². The monoisotopic (exact) mass is 193 g/mol. The van der Waals surface area contributed by atoms with Crippen LogP contribution in [0.15, 0.2) is 4.99 Å². The fraction of sp³-hybridized carbons (Fsp3) is 0.833. The molecule has 0 atom stereocenters. The molecule has 2 nitrogen and oxygen atoms in total. The summed E-state index contributed by atoms with van der Waals surface area (Å²) in [6.45, 7) is 3.03. The topological polar surface area (TPSA) is 15.6 Å². The van der Waals surface area contributed by atoms with Crippen LogP contribution in [0.5, 0.6) is 0 Å². The number of hydrogen-bond acceptors (Lipinski definition) is 1. The molecule has 0 aliphatic rings. The van der Waals surface area contributed by atoms with E-state index in [0.717, 1.165) is 17.7 Å². The van der Waals surface area contributed by atoms with Crippen LogP contribution in [0.2, 0.25) is 0 Å². The quantitative estimate of drug-likeness (QED) is 0.353. The molecule has 0 aromatic heterocycles. The van der Waals surface area contributed by atoms with E-state index in [-0.39, 0.29) is 0 Å². The molecule has 0 amide bonds. The van der Waals surface area contributed by atoms with E-state index in [1.807, 2.05) is 19.0 Å². The zero-order chi connectivity index (χ0) is 7.28. The van der Waals surface area contributed by atoms with E-state index in [1.54, 1.807) is 0 Å². The van der Waals surface area contributed by atoms with E-state index in [2.05, 4.69) is 27.9 Å². The Morgan fingerprint density at radius 2 is 2.11 bits per heavy atom. The van der Waals surface area contributed by atoms with Crippen molar-refractivity contribution in [2.24, 2.45) is 4.99 Å². The molecule has 9 heavy (non-hydrogen) atoms. The Balaban J connectivity index is 3.55. The van der Waals surface area contributed by atoms with Crippen molar-refractivity contribution in [2.75, 3.05) is 20.6 Å². The van der Waals surface area contributed by atoms with Gasteiger partial charge in [0.15, 0.2) is 0 Å². The molecule has 0 spiro atoms. The summed E-state index contributed by atoms with van der Waals surface area (Å²) in [5.41, 5.74) is 0. The number of rotatable bonds is 2. The Bertz CT molecular complexity index is 99.2. The molecule has 0 aromatic carbocycles. The minimum atomic E-state index is 0.917. The van der Waals surface area contributed by atoms with E-state index in [1.165, 1.54) is 0 Å². The van der Waals surface area contributed by atoms with Crippen molar-refractivity contribution in [1.29, 1.82) is 0 Å². The molecule has 3 heteroatoms. The predicted octanol–water partition coefficient (Wildman–Crippen LogP) is 0.482. The van der Waals surface area contributed by atoms with E-state index in [0.29, 0.717) is 0 Å². The molecule has 0 aromatic rings. The van der Waals surface area contributed by atoms with Crippen LogP contribution < -0.4 is 0 Å². The van der Waals surface area contributed by atoms with E-state index in [4.69, 9.17) is 0 Å². The Morgan fingerprint density at radius 1 is 1.56 bits per heavy atom. The van der Waals surface area contributed by atoms with Crippen LogP contribution in [0.4, 0.5) is 0 Å². The van der Waals surface area contributed by atoms with Gasteiger partial charge in [0.1, 0.15) is 0 Å². The van der Waals surface area contributed by atoms with E-state index >= 15 is 0 Å². The SMILES string of the molecule is CCCN=C([Se])N(C)C. The first kappa shape index (κ1) is 8.99. The van der Waals surface area contributed by atoms with Crippen molar-refractivity contribution in [2.45, 2.75) is 13.3 Å². The average Bonchev–Trinajstić information content (AvgIpc) is 1.82. The van der Waals surface area contributed by atoms with Crippen LogP contribution in [0.1, 0.15) is 13.3 Å². The summed E-state index contributed by atoms with van der Waals surface area (Å²) >= 11 is 2.89. The maximum absolute atomic E-state index is 4.23. The summed E-state index contributed by atoms with van der Waals surface area (Å²) in [5, 5.41) is 0. The first-order chi connectivity index (χ1) is 4.18. The van der Waals surface area contributed by atoms with Crippen LogP contribution >= 0.6 is 0 Å². The number of nitrogens with zero attached hydrogens (tertiary/aromatic N) is 2. The van der Waals surface area contributed by atoms with Crippen LogP contribution in [0.3, 0.4) is 0 Å². The minimum absolute atomic E-state index is 0.917. The van der Waals surface area contributed by atoms with Gasteiger partial charge >= 0.3 is 64.6 Å². The van der Waals surface area contributed by atoms with Crippen molar-refractivity contribution in [3.05, 3.63) is 0 Å². The van der Waals surface area contributed by atoms with Crippen LogP contribution in [-0.2, 0) is 0 Å². The second-order valence-corrected chi connectivity index (χ2v) is 2.82. The molecule has 0 rings (SSSR count). The van der Waals surface area contributed by atoms with Crippen molar-refractivity contribution in [3.8, 4) is 0 Å². The van der Waals surface area contributed by atoms with Gasteiger partial charge in [-0.1, -0.05) is 0 Å². The van der Waals surface area contributed by atoms with Crippen LogP contribution in [-0.4, -0.2) is 46.3 Å². The third-order valence-corrected chi connectivity index (χ3v) is 1.89. The second-order valence-electron chi connectivity index (χ2n) is 2.06. The molecule has 0 fully saturated rings. The van der Waals surface area contributed by atoms with Gasteiger partial charge in [0, 0.05) is 0 Å². The third-order valence-electron chi connectivity index (χ3n) is 0.853. The Kier molecular flexibility index (Phi) is 4.82. The van der Waals surface area contributed by atoms with Gasteiger partial charge in [-0.25, -0.2) is 0 Å². The molecule has 53 valence electrons. The van der Waals surface area contributed by atoms with Gasteiger partial charge in [0.2, 0.25) is 0 Å². The molecule has 0 aliphatic carbocycles. The number of hydrogen-bond donors (Lipinski definition) is 0. The first-order valence-corrected chi connectivity index (χ1v) is 3.93. The molecule has 0 unspecified atom stereocenters. The van der Waals surface area contributed by atoms with Crippen molar-refractivity contribution in [3.63, 3.8) is 0 Å². The van der Waals surface area contributed by atoms with Crippen molar-refractivity contribution >= 4 is 20.7 Å². The van der Waals surface area contributed by atoms with E-state index < -0.39 is 0 Å². The normalized spacial score (nSPS) is 11.7. The molecule has 0 bridgehead atoms. The fourth-order valence-corrected chi connectivity index (χ4v) is 0.540. The Labute approximate surface area is 65.2 Å². The molecule has 0 heterocycles. The summed E-state index contributed by atoms with van der Waals surface area (Å²) in [6, 6.07) is 0. The third kappa shape index (κ3) is 4.49. The molecule has 1 radical (unpaired) electrons. The Morgan fingerprint density at radius 3 is 2.44 bits per heavy atom. The van der Waals surface area contributed by atoms with Gasteiger partial charge in [0.25, 0.3) is 0 Å². The van der Waals surface area contributed by atoms with Gasteiger partial charge in [-0.05, 0) is 0 Å². The summed E-state index contributed by atoms with van der Waals surface area (Å²) < 4.78 is 0.983. The summed E-state index contributed by atoms with van der Waals surface area (Å²) in [4.78, 5) is 6.20. The molecular formula is C6H13N2Se. The maximum atomic E-state index is 4.23. The van der Waals surface area contributed by atoms with Gasteiger partial charge < -0.3 is 0 Å². The zero-order valence-corrected chi connectivity index (χ0v) is 7.93. The summed E-state index contributed by atoms with van der Waals surface area (Å²) in [7, 11) is 3.95. The van der Waals surface area contributed by atoms with Gasteiger partial charge in [-0.2, -0.15) is 0 Å².